The van der Waals surface area contributed by atoms with Crippen LogP contribution in [0.15, 0.2) is 24.3 Å². The van der Waals surface area contributed by atoms with Gasteiger partial charge in [-0.1, -0.05) is 39.0 Å². The van der Waals surface area contributed by atoms with Gasteiger partial charge in [0, 0.05) is 30.1 Å². The smallest absolute Gasteiger partial charge is 0.225 e. The molecule has 0 saturated carbocycles. The number of amides is 1. The van der Waals surface area contributed by atoms with Gasteiger partial charge < -0.3 is 10.6 Å². The Morgan fingerprint density at radius 3 is 2.89 bits per heavy atom. The predicted octanol–water partition coefficient (Wildman–Crippen LogP) is 3.14. The van der Waals surface area contributed by atoms with Crippen molar-refractivity contribution in [2.75, 3.05) is 18.4 Å². The number of carbonyl (C=O) groups is 1. The molecule has 1 amide bonds. The zero-order valence-electron chi connectivity index (χ0n) is 12.1. The van der Waals surface area contributed by atoms with Crippen molar-refractivity contribution in [3.63, 3.8) is 0 Å². The van der Waals surface area contributed by atoms with Gasteiger partial charge >= 0.3 is 0 Å². The molecular weight excluding hydrogens is 236 g/mol. The van der Waals surface area contributed by atoms with Crippen LogP contribution in [0.3, 0.4) is 0 Å². The Labute approximate surface area is 115 Å². The molecule has 0 fully saturated rings. The van der Waals surface area contributed by atoms with Crippen molar-refractivity contribution in [2.24, 2.45) is 5.41 Å². The Kier molecular flexibility index (Phi) is 4.13. The summed E-state index contributed by atoms with van der Waals surface area (Å²) in [4.78, 5) is 12.0. The summed E-state index contributed by atoms with van der Waals surface area (Å²) in [6.45, 7) is 7.77. The Bertz CT molecular complexity index is 454. The topological polar surface area (TPSA) is 41.1 Å². The summed E-state index contributed by atoms with van der Waals surface area (Å²) in [5, 5.41) is 6.48. The molecule has 0 aromatic heterocycles. The first-order valence-corrected chi connectivity index (χ1v) is 7.15. The lowest BCUT2D eigenvalue weighted by Gasteiger charge is -2.22. The molecule has 0 spiro atoms. The summed E-state index contributed by atoms with van der Waals surface area (Å²) in [6, 6.07) is 8.43. The van der Waals surface area contributed by atoms with E-state index in [1.807, 2.05) is 13.8 Å². The second-order valence-electron chi connectivity index (χ2n) is 5.95. The van der Waals surface area contributed by atoms with E-state index < -0.39 is 0 Å². The molecule has 1 aliphatic rings. The SMILES string of the molecule is CCC(C)(C)C(=O)NCCC1CNc2ccccc21. The molecule has 2 rings (SSSR count). The molecule has 0 saturated heterocycles. The van der Waals surface area contributed by atoms with E-state index in [1.165, 1.54) is 11.3 Å². The summed E-state index contributed by atoms with van der Waals surface area (Å²) < 4.78 is 0. The van der Waals surface area contributed by atoms with Gasteiger partial charge in [-0.2, -0.15) is 0 Å². The molecule has 3 nitrogen and oxygen atoms in total. The van der Waals surface area contributed by atoms with E-state index in [9.17, 15) is 4.79 Å². The van der Waals surface area contributed by atoms with Crippen molar-refractivity contribution in [3.8, 4) is 0 Å². The van der Waals surface area contributed by atoms with Crippen LogP contribution in [0.2, 0.25) is 0 Å². The molecule has 1 aliphatic heterocycles. The van der Waals surface area contributed by atoms with E-state index in [2.05, 4.69) is 41.8 Å². The van der Waals surface area contributed by atoms with Crippen molar-refractivity contribution < 1.29 is 4.79 Å². The van der Waals surface area contributed by atoms with Crippen LogP contribution in [0.25, 0.3) is 0 Å². The van der Waals surface area contributed by atoms with Crippen LogP contribution in [0.4, 0.5) is 5.69 Å². The molecule has 1 atom stereocenters. The molecule has 19 heavy (non-hydrogen) atoms. The van der Waals surface area contributed by atoms with Crippen molar-refractivity contribution in [1.82, 2.24) is 5.32 Å². The van der Waals surface area contributed by atoms with Gasteiger partial charge in [0.1, 0.15) is 0 Å². The van der Waals surface area contributed by atoms with Crippen LogP contribution in [0.1, 0.15) is 45.1 Å². The Morgan fingerprint density at radius 1 is 1.42 bits per heavy atom. The lowest BCUT2D eigenvalue weighted by atomic mass is 9.89. The second kappa shape index (κ2) is 5.64. The molecule has 3 heteroatoms. The van der Waals surface area contributed by atoms with E-state index in [0.29, 0.717) is 5.92 Å². The predicted molar refractivity (Wildman–Crippen MR) is 79.4 cm³/mol. The van der Waals surface area contributed by atoms with Gasteiger partial charge in [-0.3, -0.25) is 4.79 Å². The van der Waals surface area contributed by atoms with E-state index in [-0.39, 0.29) is 11.3 Å². The van der Waals surface area contributed by atoms with Crippen molar-refractivity contribution in [3.05, 3.63) is 29.8 Å². The monoisotopic (exact) mass is 260 g/mol. The molecule has 1 unspecified atom stereocenters. The highest BCUT2D eigenvalue weighted by Gasteiger charge is 2.26. The molecule has 1 aromatic rings. The van der Waals surface area contributed by atoms with Gasteiger partial charge in [-0.05, 0) is 24.5 Å². The molecule has 2 N–H and O–H groups in total. The van der Waals surface area contributed by atoms with Crippen molar-refractivity contribution in [1.29, 1.82) is 0 Å². The number of carbonyl (C=O) groups excluding carboxylic acids is 1. The average molecular weight is 260 g/mol. The number of hydrogen-bond donors (Lipinski definition) is 2. The Morgan fingerprint density at radius 2 is 2.16 bits per heavy atom. The summed E-state index contributed by atoms with van der Waals surface area (Å²) in [5.41, 5.74) is 2.37. The largest absolute Gasteiger partial charge is 0.384 e. The molecule has 1 heterocycles. The fraction of sp³-hybridized carbons (Fsp3) is 0.562. The molecule has 104 valence electrons. The van der Waals surface area contributed by atoms with E-state index in [1.54, 1.807) is 0 Å². The van der Waals surface area contributed by atoms with Crippen LogP contribution < -0.4 is 10.6 Å². The lowest BCUT2D eigenvalue weighted by molar-refractivity contribution is -0.129. The number of anilines is 1. The first kappa shape index (κ1) is 13.9. The summed E-state index contributed by atoms with van der Waals surface area (Å²) in [6.07, 6.45) is 1.86. The van der Waals surface area contributed by atoms with Gasteiger partial charge in [0.2, 0.25) is 5.91 Å². The minimum atomic E-state index is -0.258. The molecule has 0 aliphatic carbocycles. The highest BCUT2D eigenvalue weighted by atomic mass is 16.2. The van der Waals surface area contributed by atoms with Gasteiger partial charge in [-0.15, -0.1) is 0 Å². The van der Waals surface area contributed by atoms with Gasteiger partial charge in [0.15, 0.2) is 0 Å². The number of benzene rings is 1. The maximum absolute atomic E-state index is 12.0. The zero-order valence-corrected chi connectivity index (χ0v) is 12.1. The average Bonchev–Trinajstić information content (AvgIpc) is 2.82. The van der Waals surface area contributed by atoms with Gasteiger partial charge in [0.05, 0.1) is 0 Å². The normalized spacial score (nSPS) is 17.7. The lowest BCUT2D eigenvalue weighted by Crippen LogP contribution is -2.37. The van der Waals surface area contributed by atoms with E-state index >= 15 is 0 Å². The highest BCUT2D eigenvalue weighted by molar-refractivity contribution is 5.81. The highest BCUT2D eigenvalue weighted by Crippen LogP contribution is 2.32. The number of rotatable bonds is 5. The van der Waals surface area contributed by atoms with Crippen LogP contribution in [0, 0.1) is 5.41 Å². The summed E-state index contributed by atoms with van der Waals surface area (Å²) in [5.74, 6) is 0.676. The molecule has 1 aromatic carbocycles. The fourth-order valence-electron chi connectivity index (χ4n) is 2.37. The first-order chi connectivity index (χ1) is 9.04. The maximum atomic E-state index is 12.0. The second-order valence-corrected chi connectivity index (χ2v) is 5.95. The summed E-state index contributed by atoms with van der Waals surface area (Å²) in [7, 11) is 0. The molecule has 0 radical (unpaired) electrons. The van der Waals surface area contributed by atoms with Crippen LogP contribution in [-0.2, 0) is 4.79 Å². The minimum Gasteiger partial charge on any atom is -0.384 e. The zero-order chi connectivity index (χ0) is 13.9. The van der Waals surface area contributed by atoms with Crippen molar-refractivity contribution >= 4 is 11.6 Å². The number of nitrogens with one attached hydrogen (secondary N) is 2. The molecular formula is C16H24N2O. The number of hydrogen-bond acceptors (Lipinski definition) is 2. The third-order valence-corrected chi connectivity index (χ3v) is 4.22. The van der Waals surface area contributed by atoms with E-state index in [0.717, 1.165) is 25.9 Å². The van der Waals surface area contributed by atoms with E-state index in [4.69, 9.17) is 0 Å². The first-order valence-electron chi connectivity index (χ1n) is 7.15. The number of para-hydroxylation sites is 1. The third kappa shape index (κ3) is 3.09. The maximum Gasteiger partial charge on any atom is 0.225 e. The standard InChI is InChI=1S/C16H24N2O/c1-4-16(2,3)15(19)17-10-9-12-11-18-14-8-6-5-7-13(12)14/h5-8,12,18H,4,9-11H2,1-3H3,(H,17,19). The molecule has 0 bridgehead atoms. The van der Waals surface area contributed by atoms with Crippen LogP contribution in [0.5, 0.6) is 0 Å². The van der Waals surface area contributed by atoms with Crippen molar-refractivity contribution in [2.45, 2.75) is 39.5 Å². The fourth-order valence-corrected chi connectivity index (χ4v) is 2.37. The van der Waals surface area contributed by atoms with Gasteiger partial charge in [0.25, 0.3) is 0 Å². The van der Waals surface area contributed by atoms with Gasteiger partial charge in [-0.25, -0.2) is 0 Å². The number of fused-ring (bicyclic) bond motifs is 1. The Balaban J connectivity index is 1.84. The minimum absolute atomic E-state index is 0.161. The van der Waals surface area contributed by atoms with Crippen LogP contribution in [-0.4, -0.2) is 19.0 Å². The Hall–Kier alpha value is -1.51. The summed E-state index contributed by atoms with van der Waals surface area (Å²) >= 11 is 0. The quantitative estimate of drug-likeness (QED) is 0.854. The third-order valence-electron chi connectivity index (χ3n) is 4.22. The van der Waals surface area contributed by atoms with Crippen LogP contribution >= 0.6 is 0 Å².